The lowest BCUT2D eigenvalue weighted by atomic mass is 10.1. The average molecular weight is 310 g/mol. The Morgan fingerprint density at radius 1 is 1.45 bits per heavy atom. The third kappa shape index (κ3) is 4.19. The molecule has 7 nitrogen and oxygen atoms in total. The van der Waals surface area contributed by atoms with Crippen molar-refractivity contribution in [1.29, 1.82) is 0 Å². The maximum Gasteiger partial charge on any atom is 0.318 e. The molecule has 2 rings (SSSR count). The van der Waals surface area contributed by atoms with E-state index in [0.29, 0.717) is 24.9 Å². The fourth-order valence-electron chi connectivity index (χ4n) is 2.82. The number of hydrogen-bond acceptors (Lipinski definition) is 5. The van der Waals surface area contributed by atoms with Crippen LogP contribution in [0.25, 0.3) is 0 Å². The van der Waals surface area contributed by atoms with E-state index in [0.717, 1.165) is 25.1 Å². The Hall–Kier alpha value is -1.63. The van der Waals surface area contributed by atoms with Crippen molar-refractivity contribution in [2.75, 3.05) is 19.7 Å². The molecule has 1 saturated carbocycles. The van der Waals surface area contributed by atoms with E-state index in [1.165, 1.54) is 12.8 Å². The number of aliphatic hydroxyl groups is 1. The lowest BCUT2D eigenvalue weighted by molar-refractivity contribution is 0.172. The van der Waals surface area contributed by atoms with Crippen LogP contribution in [-0.4, -0.2) is 45.9 Å². The third-order valence-corrected chi connectivity index (χ3v) is 4.04. The first-order valence-corrected chi connectivity index (χ1v) is 8.15. The zero-order valence-electron chi connectivity index (χ0n) is 13.4. The first-order chi connectivity index (χ1) is 10.7. The van der Waals surface area contributed by atoms with E-state index >= 15 is 0 Å². The van der Waals surface area contributed by atoms with E-state index in [-0.39, 0.29) is 18.7 Å². The molecule has 1 heterocycles. The number of nitrogens with one attached hydrogen (secondary N) is 1. The number of amides is 2. The van der Waals surface area contributed by atoms with E-state index in [4.69, 9.17) is 9.63 Å². The summed E-state index contributed by atoms with van der Waals surface area (Å²) in [4.78, 5) is 18.2. The zero-order chi connectivity index (χ0) is 15.9. The average Bonchev–Trinajstić information content (AvgIpc) is 3.17. The molecule has 2 amide bonds. The van der Waals surface area contributed by atoms with Crippen molar-refractivity contribution >= 4 is 6.03 Å². The maximum absolute atomic E-state index is 12.2. The lowest BCUT2D eigenvalue weighted by Gasteiger charge is -2.22. The standard InChI is InChI=1S/C15H26N4O3/c1-3-8-19(9-10-20)15(21)16-11(2)14-17-13(18-22-14)12-6-4-5-7-12/h11-12,20H,3-10H2,1-2H3,(H,16,21). The smallest absolute Gasteiger partial charge is 0.318 e. The van der Waals surface area contributed by atoms with E-state index in [9.17, 15) is 4.79 Å². The van der Waals surface area contributed by atoms with Gasteiger partial charge < -0.3 is 19.8 Å². The summed E-state index contributed by atoms with van der Waals surface area (Å²) in [6.45, 7) is 4.70. The Labute approximate surface area is 131 Å². The Bertz CT molecular complexity index is 465. The summed E-state index contributed by atoms with van der Waals surface area (Å²) in [6.07, 6.45) is 5.50. The van der Waals surface area contributed by atoms with Crippen molar-refractivity contribution in [3.63, 3.8) is 0 Å². The molecular weight excluding hydrogens is 284 g/mol. The van der Waals surface area contributed by atoms with E-state index in [2.05, 4.69) is 15.5 Å². The van der Waals surface area contributed by atoms with Crippen molar-refractivity contribution in [1.82, 2.24) is 20.4 Å². The minimum atomic E-state index is -0.340. The molecule has 1 aromatic rings. The second kappa shape index (κ2) is 8.12. The van der Waals surface area contributed by atoms with Crippen LogP contribution in [0.3, 0.4) is 0 Å². The van der Waals surface area contributed by atoms with Crippen LogP contribution in [0.15, 0.2) is 4.52 Å². The molecule has 0 spiro atoms. The maximum atomic E-state index is 12.2. The summed E-state index contributed by atoms with van der Waals surface area (Å²) in [5.74, 6) is 1.59. The summed E-state index contributed by atoms with van der Waals surface area (Å²) < 4.78 is 5.30. The predicted molar refractivity (Wildman–Crippen MR) is 81.4 cm³/mol. The van der Waals surface area contributed by atoms with Crippen LogP contribution in [0.5, 0.6) is 0 Å². The minimum absolute atomic E-state index is 0.0474. The van der Waals surface area contributed by atoms with E-state index < -0.39 is 0 Å². The number of aliphatic hydroxyl groups excluding tert-OH is 1. The fraction of sp³-hybridized carbons (Fsp3) is 0.800. The molecule has 0 bridgehead atoms. The summed E-state index contributed by atoms with van der Waals surface area (Å²) in [6, 6.07) is -0.558. The van der Waals surface area contributed by atoms with Gasteiger partial charge in [-0.3, -0.25) is 0 Å². The van der Waals surface area contributed by atoms with E-state index in [1.54, 1.807) is 4.90 Å². The van der Waals surface area contributed by atoms with Gasteiger partial charge in [0.15, 0.2) is 5.82 Å². The molecular formula is C15H26N4O3. The Morgan fingerprint density at radius 3 is 2.82 bits per heavy atom. The Balaban J connectivity index is 1.93. The molecule has 7 heteroatoms. The van der Waals surface area contributed by atoms with Gasteiger partial charge in [-0.15, -0.1) is 0 Å². The van der Waals surface area contributed by atoms with Crippen LogP contribution in [-0.2, 0) is 0 Å². The van der Waals surface area contributed by atoms with Gasteiger partial charge in [0.25, 0.3) is 0 Å². The zero-order valence-corrected chi connectivity index (χ0v) is 13.4. The third-order valence-electron chi connectivity index (χ3n) is 4.04. The summed E-state index contributed by atoms with van der Waals surface area (Å²) in [7, 11) is 0. The van der Waals surface area contributed by atoms with Crippen molar-refractivity contribution in [3.8, 4) is 0 Å². The predicted octanol–water partition coefficient (Wildman–Crippen LogP) is 2.20. The van der Waals surface area contributed by atoms with Crippen LogP contribution < -0.4 is 5.32 Å². The van der Waals surface area contributed by atoms with Crippen molar-refractivity contribution in [2.45, 2.75) is 57.9 Å². The number of urea groups is 1. The number of hydrogen-bond donors (Lipinski definition) is 2. The molecule has 1 aliphatic rings. The topological polar surface area (TPSA) is 91.5 Å². The van der Waals surface area contributed by atoms with Gasteiger partial charge in [-0.25, -0.2) is 4.79 Å². The highest BCUT2D eigenvalue weighted by Gasteiger charge is 2.25. The van der Waals surface area contributed by atoms with Gasteiger partial charge >= 0.3 is 6.03 Å². The van der Waals surface area contributed by atoms with Crippen molar-refractivity contribution in [3.05, 3.63) is 11.7 Å². The number of carbonyl (C=O) groups excluding carboxylic acids is 1. The van der Waals surface area contributed by atoms with Crippen LogP contribution in [0.4, 0.5) is 4.79 Å². The molecule has 0 aromatic carbocycles. The summed E-state index contributed by atoms with van der Waals surface area (Å²) >= 11 is 0. The normalized spacial score (nSPS) is 16.7. The SMILES string of the molecule is CCCN(CCO)C(=O)NC(C)c1nc(C2CCCC2)no1. The van der Waals surface area contributed by atoms with Gasteiger partial charge in [-0.2, -0.15) is 4.98 Å². The van der Waals surface area contributed by atoms with Crippen LogP contribution in [0.2, 0.25) is 0 Å². The Morgan fingerprint density at radius 2 is 2.18 bits per heavy atom. The van der Waals surface area contributed by atoms with Gasteiger partial charge in [-0.1, -0.05) is 24.9 Å². The first-order valence-electron chi connectivity index (χ1n) is 8.15. The molecule has 0 radical (unpaired) electrons. The van der Waals surface area contributed by atoms with Gasteiger partial charge in [0.2, 0.25) is 5.89 Å². The highest BCUT2D eigenvalue weighted by Crippen LogP contribution is 2.32. The van der Waals surface area contributed by atoms with E-state index in [1.807, 2.05) is 13.8 Å². The molecule has 0 aliphatic heterocycles. The number of carbonyl (C=O) groups is 1. The Kier molecular flexibility index (Phi) is 6.18. The second-order valence-corrected chi connectivity index (χ2v) is 5.85. The first kappa shape index (κ1) is 16.7. The quantitative estimate of drug-likeness (QED) is 0.805. The van der Waals surface area contributed by atoms with Gasteiger partial charge in [-0.05, 0) is 26.2 Å². The van der Waals surface area contributed by atoms with Gasteiger partial charge in [0.05, 0.1) is 6.61 Å². The summed E-state index contributed by atoms with van der Waals surface area (Å²) in [5, 5.41) is 15.9. The highest BCUT2D eigenvalue weighted by atomic mass is 16.5. The van der Waals surface area contributed by atoms with Gasteiger partial charge in [0.1, 0.15) is 6.04 Å². The van der Waals surface area contributed by atoms with Crippen LogP contribution in [0.1, 0.15) is 69.6 Å². The molecule has 1 unspecified atom stereocenters. The monoisotopic (exact) mass is 310 g/mol. The molecule has 0 saturated heterocycles. The van der Waals surface area contributed by atoms with Crippen LogP contribution >= 0.6 is 0 Å². The minimum Gasteiger partial charge on any atom is -0.395 e. The van der Waals surface area contributed by atoms with Crippen LogP contribution in [0, 0.1) is 0 Å². The number of aromatic nitrogens is 2. The van der Waals surface area contributed by atoms with Gasteiger partial charge in [0, 0.05) is 19.0 Å². The second-order valence-electron chi connectivity index (χ2n) is 5.85. The molecule has 22 heavy (non-hydrogen) atoms. The summed E-state index contributed by atoms with van der Waals surface area (Å²) in [5.41, 5.74) is 0. The highest BCUT2D eigenvalue weighted by molar-refractivity contribution is 5.74. The number of nitrogens with zero attached hydrogens (tertiary/aromatic N) is 3. The molecule has 1 atom stereocenters. The molecule has 124 valence electrons. The molecule has 1 fully saturated rings. The van der Waals surface area contributed by atoms with Crippen molar-refractivity contribution < 1.29 is 14.4 Å². The van der Waals surface area contributed by atoms with Crippen molar-refractivity contribution in [2.24, 2.45) is 0 Å². The number of rotatable bonds is 7. The molecule has 2 N–H and O–H groups in total. The molecule has 1 aromatic heterocycles. The molecule has 1 aliphatic carbocycles. The fourth-order valence-corrected chi connectivity index (χ4v) is 2.82. The lowest BCUT2D eigenvalue weighted by Crippen LogP contribution is -2.42. The largest absolute Gasteiger partial charge is 0.395 e.